The van der Waals surface area contributed by atoms with Crippen LogP contribution in [0.15, 0.2) is 30.6 Å². The highest BCUT2D eigenvalue weighted by Gasteiger charge is 1.80. The second-order valence-corrected chi connectivity index (χ2v) is 1.74. The first-order valence-corrected chi connectivity index (χ1v) is 2.88. The van der Waals surface area contributed by atoms with Gasteiger partial charge in [-0.15, -0.1) is 0 Å². The summed E-state index contributed by atoms with van der Waals surface area (Å²) >= 11 is 0. The van der Waals surface area contributed by atoms with Crippen LogP contribution in [-0.4, -0.2) is 11.3 Å². The van der Waals surface area contributed by atoms with Gasteiger partial charge in [0.15, 0.2) is 0 Å². The van der Waals surface area contributed by atoms with E-state index >= 15 is 0 Å². The van der Waals surface area contributed by atoms with Crippen molar-refractivity contribution in [2.75, 3.05) is 0 Å². The standard InChI is InChI=1S/C8H6NO/c10-6-2-4-8-3-1-5-9-7-8/h1-5,7H. The number of aromatic nitrogens is 1. The van der Waals surface area contributed by atoms with E-state index in [1.54, 1.807) is 24.8 Å². The molecule has 49 valence electrons. The smallest absolute Gasteiger partial charge is 0.225 e. The molecule has 0 amide bonds. The van der Waals surface area contributed by atoms with Gasteiger partial charge < -0.3 is 0 Å². The van der Waals surface area contributed by atoms with Crippen molar-refractivity contribution in [2.24, 2.45) is 0 Å². The third-order valence-corrected chi connectivity index (χ3v) is 1.03. The molecule has 2 nitrogen and oxygen atoms in total. The lowest BCUT2D eigenvalue weighted by Gasteiger charge is -1.85. The zero-order chi connectivity index (χ0) is 7.23. The molecule has 0 atom stereocenters. The third kappa shape index (κ3) is 1.82. The minimum Gasteiger partial charge on any atom is -0.286 e. The van der Waals surface area contributed by atoms with Crippen molar-refractivity contribution >= 4 is 12.4 Å². The number of allylic oxidation sites excluding steroid dienone is 1. The molecule has 1 heterocycles. The minimum atomic E-state index is 0.908. The Hall–Kier alpha value is -1.44. The molecule has 0 spiro atoms. The number of carbonyl (C=O) groups excluding carboxylic acids is 1. The van der Waals surface area contributed by atoms with Crippen LogP contribution in [0, 0.1) is 0 Å². The van der Waals surface area contributed by atoms with Gasteiger partial charge in [0.1, 0.15) is 0 Å². The van der Waals surface area contributed by atoms with Crippen molar-refractivity contribution in [1.29, 1.82) is 0 Å². The Bertz CT molecular complexity index is 228. The summed E-state index contributed by atoms with van der Waals surface area (Å²) in [7, 11) is 0. The van der Waals surface area contributed by atoms with E-state index in [-0.39, 0.29) is 0 Å². The van der Waals surface area contributed by atoms with Gasteiger partial charge in [-0.25, -0.2) is 0 Å². The van der Waals surface area contributed by atoms with E-state index in [0.29, 0.717) is 0 Å². The maximum absolute atomic E-state index is 9.75. The summed E-state index contributed by atoms with van der Waals surface area (Å²) < 4.78 is 0. The molecule has 1 aromatic rings. The zero-order valence-electron chi connectivity index (χ0n) is 5.32. The highest BCUT2D eigenvalue weighted by molar-refractivity contribution is 5.74. The number of hydrogen-bond acceptors (Lipinski definition) is 2. The van der Waals surface area contributed by atoms with Gasteiger partial charge in [-0.1, -0.05) is 6.07 Å². The van der Waals surface area contributed by atoms with Crippen LogP contribution in [-0.2, 0) is 4.79 Å². The molecular formula is C8H6NO. The molecule has 10 heavy (non-hydrogen) atoms. The van der Waals surface area contributed by atoms with E-state index in [1.807, 2.05) is 12.1 Å². The van der Waals surface area contributed by atoms with E-state index in [4.69, 9.17) is 0 Å². The first-order valence-electron chi connectivity index (χ1n) is 2.88. The van der Waals surface area contributed by atoms with Crippen LogP contribution in [0.25, 0.3) is 6.08 Å². The Morgan fingerprint density at radius 1 is 1.60 bits per heavy atom. The average molecular weight is 132 g/mol. The van der Waals surface area contributed by atoms with Crippen LogP contribution < -0.4 is 0 Å². The van der Waals surface area contributed by atoms with E-state index in [9.17, 15) is 4.79 Å². The second kappa shape index (κ2) is 3.56. The molecule has 2 heteroatoms. The van der Waals surface area contributed by atoms with Crippen LogP contribution in [0.3, 0.4) is 0 Å². The van der Waals surface area contributed by atoms with Crippen molar-refractivity contribution < 1.29 is 4.79 Å². The minimum absolute atomic E-state index is 0.908. The largest absolute Gasteiger partial charge is 0.286 e. The maximum Gasteiger partial charge on any atom is 0.225 e. The summed E-state index contributed by atoms with van der Waals surface area (Å²) in [6, 6.07) is 3.67. The maximum atomic E-state index is 9.75. The Balaban J connectivity index is 2.76. The molecule has 0 aromatic carbocycles. The first kappa shape index (κ1) is 6.68. The van der Waals surface area contributed by atoms with Crippen molar-refractivity contribution in [3.05, 3.63) is 36.2 Å². The fourth-order valence-electron chi connectivity index (χ4n) is 0.605. The third-order valence-electron chi connectivity index (χ3n) is 1.03. The number of rotatable bonds is 2. The molecular weight excluding hydrogens is 126 g/mol. The van der Waals surface area contributed by atoms with Gasteiger partial charge in [0.25, 0.3) is 0 Å². The van der Waals surface area contributed by atoms with Crippen molar-refractivity contribution in [2.45, 2.75) is 0 Å². The van der Waals surface area contributed by atoms with Crippen molar-refractivity contribution in [3.8, 4) is 0 Å². The SMILES string of the molecule is O=[C]C=Cc1cccnc1. The van der Waals surface area contributed by atoms with Gasteiger partial charge in [-0.2, -0.15) is 0 Å². The predicted octanol–water partition coefficient (Wildman–Crippen LogP) is 1.20. The van der Waals surface area contributed by atoms with E-state index in [0.717, 1.165) is 5.56 Å². The van der Waals surface area contributed by atoms with Crippen LogP contribution in [0.1, 0.15) is 5.56 Å². The Labute approximate surface area is 59.2 Å². The zero-order valence-corrected chi connectivity index (χ0v) is 5.32. The Kier molecular flexibility index (Phi) is 2.38. The summed E-state index contributed by atoms with van der Waals surface area (Å²) in [5, 5.41) is 0. The molecule has 0 fully saturated rings. The lowest BCUT2D eigenvalue weighted by Crippen LogP contribution is -1.72. The van der Waals surface area contributed by atoms with Crippen LogP contribution in [0.2, 0.25) is 0 Å². The molecule has 0 saturated carbocycles. The summed E-state index contributed by atoms with van der Waals surface area (Å²) in [5.74, 6) is 0. The van der Waals surface area contributed by atoms with E-state index in [2.05, 4.69) is 4.98 Å². The lowest BCUT2D eigenvalue weighted by atomic mass is 10.3. The van der Waals surface area contributed by atoms with Gasteiger partial charge in [0, 0.05) is 12.4 Å². The Morgan fingerprint density at radius 2 is 2.50 bits per heavy atom. The summed E-state index contributed by atoms with van der Waals surface area (Å²) in [4.78, 5) is 13.6. The fraction of sp³-hybridized carbons (Fsp3) is 0. The fourth-order valence-corrected chi connectivity index (χ4v) is 0.605. The number of hydrogen-bond donors (Lipinski definition) is 0. The monoisotopic (exact) mass is 132 g/mol. The molecule has 0 unspecified atom stereocenters. The quantitative estimate of drug-likeness (QED) is 0.566. The van der Waals surface area contributed by atoms with Gasteiger partial charge in [-0.3, -0.25) is 9.78 Å². The number of pyridine rings is 1. The lowest BCUT2D eigenvalue weighted by molar-refractivity contribution is 0.564. The molecule has 0 bridgehead atoms. The molecule has 0 aliphatic rings. The van der Waals surface area contributed by atoms with Crippen LogP contribution >= 0.6 is 0 Å². The number of nitrogens with zero attached hydrogens (tertiary/aromatic N) is 1. The normalized spacial score (nSPS) is 10.0. The molecule has 1 rings (SSSR count). The molecule has 0 aliphatic heterocycles. The summed E-state index contributed by atoms with van der Waals surface area (Å²) in [5.41, 5.74) is 0.908. The highest BCUT2D eigenvalue weighted by Crippen LogP contribution is 1.96. The average Bonchev–Trinajstić information content (AvgIpc) is 2.03. The van der Waals surface area contributed by atoms with Gasteiger partial charge in [0.2, 0.25) is 6.29 Å². The summed E-state index contributed by atoms with van der Waals surface area (Å²) in [6.07, 6.45) is 7.98. The van der Waals surface area contributed by atoms with E-state index in [1.165, 1.54) is 6.08 Å². The molecule has 0 aliphatic carbocycles. The van der Waals surface area contributed by atoms with Crippen molar-refractivity contribution in [3.63, 3.8) is 0 Å². The highest BCUT2D eigenvalue weighted by atomic mass is 16.1. The molecule has 0 N–H and O–H groups in total. The second-order valence-electron chi connectivity index (χ2n) is 1.74. The topological polar surface area (TPSA) is 30.0 Å². The Morgan fingerprint density at radius 3 is 3.10 bits per heavy atom. The van der Waals surface area contributed by atoms with Gasteiger partial charge >= 0.3 is 0 Å². The molecule has 1 aromatic heterocycles. The first-order chi connectivity index (χ1) is 4.93. The van der Waals surface area contributed by atoms with Gasteiger partial charge in [-0.05, 0) is 23.8 Å². The van der Waals surface area contributed by atoms with Gasteiger partial charge in [0.05, 0.1) is 0 Å². The molecule has 0 saturated heterocycles. The molecule has 1 radical (unpaired) electrons. The summed E-state index contributed by atoms with van der Waals surface area (Å²) in [6.45, 7) is 0. The van der Waals surface area contributed by atoms with Crippen LogP contribution in [0.5, 0.6) is 0 Å². The van der Waals surface area contributed by atoms with Crippen molar-refractivity contribution in [1.82, 2.24) is 4.98 Å². The van der Waals surface area contributed by atoms with Crippen LogP contribution in [0.4, 0.5) is 0 Å². The predicted molar refractivity (Wildman–Crippen MR) is 39.0 cm³/mol. The van der Waals surface area contributed by atoms with E-state index < -0.39 is 0 Å².